The normalized spacial score (nSPS) is 12.3. The molecule has 0 bridgehead atoms. The number of aromatic nitrogens is 3. The maximum Gasteiger partial charge on any atom is 0.262 e. The van der Waals surface area contributed by atoms with Crippen LogP contribution in [0.15, 0.2) is 69.9 Å². The van der Waals surface area contributed by atoms with Gasteiger partial charge in [-0.25, -0.2) is 9.97 Å². The van der Waals surface area contributed by atoms with Gasteiger partial charge in [-0.2, -0.15) is 0 Å². The van der Waals surface area contributed by atoms with Crippen molar-refractivity contribution in [3.05, 3.63) is 76.0 Å². The summed E-state index contributed by atoms with van der Waals surface area (Å²) < 4.78 is 7.02. The summed E-state index contributed by atoms with van der Waals surface area (Å²) in [5.41, 5.74) is 2.77. The van der Waals surface area contributed by atoms with Gasteiger partial charge in [-0.1, -0.05) is 54.2 Å². The van der Waals surface area contributed by atoms with E-state index in [4.69, 9.17) is 14.7 Å². The number of thiazole rings is 1. The molecule has 2 heterocycles. The summed E-state index contributed by atoms with van der Waals surface area (Å²) in [5, 5.41) is 4.38. The van der Waals surface area contributed by atoms with Crippen LogP contribution in [0.4, 0.5) is 0 Å². The average molecular weight is 424 g/mol. The van der Waals surface area contributed by atoms with E-state index in [2.05, 4.69) is 17.5 Å². The Hall–Kier alpha value is -2.48. The zero-order valence-electron chi connectivity index (χ0n) is 16.2. The first-order chi connectivity index (χ1) is 14.2. The second-order valence-electron chi connectivity index (χ2n) is 6.69. The molecule has 4 rings (SSSR count). The van der Waals surface area contributed by atoms with E-state index in [1.165, 1.54) is 11.8 Å². The molecular formula is C22H21N3O2S2. The maximum atomic E-state index is 13.1. The second kappa shape index (κ2) is 8.90. The molecule has 0 fully saturated rings. The molecule has 0 N–H and O–H groups in total. The Balaban J connectivity index is 1.64. The predicted octanol–water partition coefficient (Wildman–Crippen LogP) is 5.02. The standard InChI is InChI=1S/C22H21N3O2S2/c1-15(12-27-2)25-21(26)18-10-6-7-11-19(18)24-22(25)29-14-17-13-28-20(23-17)16-8-4-3-5-9-16/h3-11,13,15H,12,14H2,1-2H3/t15-/m1/s1. The lowest BCUT2D eigenvalue weighted by Crippen LogP contribution is -2.28. The van der Waals surface area contributed by atoms with E-state index in [1.807, 2.05) is 49.4 Å². The molecule has 4 aromatic rings. The molecule has 0 spiro atoms. The number of ether oxygens (including phenoxy) is 1. The minimum atomic E-state index is -0.109. The highest BCUT2D eigenvalue weighted by Crippen LogP contribution is 2.28. The summed E-state index contributed by atoms with van der Waals surface area (Å²) in [6.45, 7) is 2.42. The topological polar surface area (TPSA) is 57.0 Å². The monoisotopic (exact) mass is 423 g/mol. The Morgan fingerprint density at radius 3 is 2.66 bits per heavy atom. The van der Waals surface area contributed by atoms with Gasteiger partial charge in [-0.05, 0) is 19.1 Å². The molecule has 0 saturated heterocycles. The smallest absolute Gasteiger partial charge is 0.262 e. The average Bonchev–Trinajstić information content (AvgIpc) is 3.22. The lowest BCUT2D eigenvalue weighted by molar-refractivity contribution is 0.156. The number of para-hydroxylation sites is 1. The van der Waals surface area contributed by atoms with Crippen LogP contribution >= 0.6 is 23.1 Å². The van der Waals surface area contributed by atoms with Gasteiger partial charge < -0.3 is 4.74 Å². The van der Waals surface area contributed by atoms with Crippen molar-refractivity contribution in [3.63, 3.8) is 0 Å². The Kier molecular flexibility index (Phi) is 6.08. The highest BCUT2D eigenvalue weighted by atomic mass is 32.2. The van der Waals surface area contributed by atoms with Gasteiger partial charge in [0.2, 0.25) is 0 Å². The molecule has 148 valence electrons. The van der Waals surface area contributed by atoms with Crippen LogP contribution < -0.4 is 5.56 Å². The fourth-order valence-electron chi connectivity index (χ4n) is 3.16. The number of rotatable bonds is 7. The molecule has 0 saturated carbocycles. The molecule has 0 unspecified atom stereocenters. The van der Waals surface area contributed by atoms with Gasteiger partial charge in [0.15, 0.2) is 5.16 Å². The lowest BCUT2D eigenvalue weighted by Gasteiger charge is -2.18. The first-order valence-corrected chi connectivity index (χ1v) is 11.2. The molecule has 0 aliphatic carbocycles. The number of thioether (sulfide) groups is 1. The van der Waals surface area contributed by atoms with Crippen molar-refractivity contribution in [1.29, 1.82) is 0 Å². The third kappa shape index (κ3) is 4.27. The summed E-state index contributed by atoms with van der Waals surface area (Å²) in [4.78, 5) is 22.6. The molecule has 7 heteroatoms. The van der Waals surface area contributed by atoms with E-state index in [-0.39, 0.29) is 11.6 Å². The first-order valence-electron chi connectivity index (χ1n) is 9.30. The quantitative estimate of drug-likeness (QED) is 0.309. The Morgan fingerprint density at radius 1 is 1.10 bits per heavy atom. The fourth-order valence-corrected chi connectivity index (χ4v) is 5.08. The zero-order valence-corrected chi connectivity index (χ0v) is 17.9. The molecule has 1 atom stereocenters. The number of benzene rings is 2. The van der Waals surface area contributed by atoms with Crippen LogP contribution in [-0.2, 0) is 10.5 Å². The SMILES string of the molecule is COC[C@@H](C)n1c(SCc2csc(-c3ccccc3)n2)nc2ccccc2c1=O. The van der Waals surface area contributed by atoms with Gasteiger partial charge in [-0.3, -0.25) is 9.36 Å². The molecule has 2 aromatic heterocycles. The number of hydrogen-bond donors (Lipinski definition) is 0. The Labute approximate surface area is 177 Å². The molecule has 0 aliphatic heterocycles. The highest BCUT2D eigenvalue weighted by molar-refractivity contribution is 7.98. The first kappa shape index (κ1) is 19.8. The van der Waals surface area contributed by atoms with Crippen LogP contribution in [0.5, 0.6) is 0 Å². The second-order valence-corrected chi connectivity index (χ2v) is 8.49. The van der Waals surface area contributed by atoms with Crippen molar-refractivity contribution in [3.8, 4) is 10.6 Å². The summed E-state index contributed by atoms with van der Waals surface area (Å²) >= 11 is 3.16. The van der Waals surface area contributed by atoms with Gasteiger partial charge in [0, 0.05) is 23.8 Å². The Morgan fingerprint density at radius 2 is 1.86 bits per heavy atom. The van der Waals surface area contributed by atoms with Crippen LogP contribution in [0.2, 0.25) is 0 Å². The minimum absolute atomic E-state index is 0.0362. The third-order valence-corrected chi connectivity index (χ3v) is 6.47. The van der Waals surface area contributed by atoms with Crippen molar-refractivity contribution < 1.29 is 4.74 Å². The van der Waals surface area contributed by atoms with Crippen LogP contribution in [0, 0.1) is 0 Å². The van der Waals surface area contributed by atoms with Gasteiger partial charge in [-0.15, -0.1) is 11.3 Å². The van der Waals surface area contributed by atoms with Crippen molar-refractivity contribution in [1.82, 2.24) is 14.5 Å². The van der Waals surface area contributed by atoms with Crippen LogP contribution in [-0.4, -0.2) is 28.3 Å². The van der Waals surface area contributed by atoms with Crippen molar-refractivity contribution in [2.45, 2.75) is 23.9 Å². The van der Waals surface area contributed by atoms with Gasteiger partial charge in [0.1, 0.15) is 5.01 Å². The van der Waals surface area contributed by atoms with Crippen molar-refractivity contribution >= 4 is 34.0 Å². The van der Waals surface area contributed by atoms with Crippen LogP contribution in [0.25, 0.3) is 21.5 Å². The minimum Gasteiger partial charge on any atom is -0.383 e. The van der Waals surface area contributed by atoms with E-state index in [9.17, 15) is 4.79 Å². The van der Waals surface area contributed by atoms with Crippen LogP contribution in [0.1, 0.15) is 18.7 Å². The number of fused-ring (bicyclic) bond motifs is 1. The number of methoxy groups -OCH3 is 1. The van der Waals surface area contributed by atoms with Gasteiger partial charge in [0.05, 0.1) is 29.2 Å². The highest BCUT2D eigenvalue weighted by Gasteiger charge is 2.17. The molecule has 0 amide bonds. The predicted molar refractivity (Wildman–Crippen MR) is 120 cm³/mol. The van der Waals surface area contributed by atoms with Gasteiger partial charge in [0.25, 0.3) is 5.56 Å². The molecule has 29 heavy (non-hydrogen) atoms. The summed E-state index contributed by atoms with van der Waals surface area (Å²) in [5.74, 6) is 0.647. The van der Waals surface area contributed by atoms with Crippen molar-refractivity contribution in [2.24, 2.45) is 0 Å². The number of nitrogens with zero attached hydrogens (tertiary/aromatic N) is 3. The Bertz CT molecular complexity index is 1170. The van der Waals surface area contributed by atoms with E-state index in [0.29, 0.717) is 28.4 Å². The number of hydrogen-bond acceptors (Lipinski definition) is 6. The molecule has 0 radical (unpaired) electrons. The molecule has 5 nitrogen and oxygen atoms in total. The van der Waals surface area contributed by atoms with E-state index in [0.717, 1.165) is 16.3 Å². The van der Waals surface area contributed by atoms with E-state index >= 15 is 0 Å². The largest absolute Gasteiger partial charge is 0.383 e. The lowest BCUT2D eigenvalue weighted by atomic mass is 10.2. The molecular weight excluding hydrogens is 402 g/mol. The van der Waals surface area contributed by atoms with Crippen molar-refractivity contribution in [2.75, 3.05) is 13.7 Å². The summed E-state index contributed by atoms with van der Waals surface area (Å²) in [7, 11) is 1.64. The molecule has 2 aromatic carbocycles. The molecule has 0 aliphatic rings. The van der Waals surface area contributed by atoms with E-state index < -0.39 is 0 Å². The summed E-state index contributed by atoms with van der Waals surface area (Å²) in [6, 6.07) is 17.5. The summed E-state index contributed by atoms with van der Waals surface area (Å²) in [6.07, 6.45) is 0. The maximum absolute atomic E-state index is 13.1. The van der Waals surface area contributed by atoms with E-state index in [1.54, 1.807) is 23.0 Å². The fraction of sp³-hybridized carbons (Fsp3) is 0.227. The van der Waals surface area contributed by atoms with Gasteiger partial charge >= 0.3 is 0 Å². The zero-order chi connectivity index (χ0) is 20.2. The third-order valence-electron chi connectivity index (χ3n) is 4.55. The van der Waals surface area contributed by atoms with Crippen LogP contribution in [0.3, 0.4) is 0 Å².